The van der Waals surface area contributed by atoms with E-state index >= 15 is 0 Å². The van der Waals surface area contributed by atoms with Crippen molar-refractivity contribution in [3.63, 3.8) is 0 Å². The maximum absolute atomic E-state index is 12.6. The molecule has 2 aliphatic rings. The Morgan fingerprint density at radius 2 is 1.78 bits per heavy atom. The van der Waals surface area contributed by atoms with Crippen LogP contribution in [0.2, 0.25) is 0 Å². The van der Waals surface area contributed by atoms with Crippen LogP contribution in [0.25, 0.3) is 0 Å². The standard InChI is InChI=1S/C19H23N3O4S/c1-15-4-2-3-5-17(15)27(23,24)21-18-7-6-16(14-20-18)22-10-8-19(9-11-22)25-12-13-26-19/h2-7,14H,8-13H2,1H3,(H,20,21). The molecule has 1 N–H and O–H groups in total. The Morgan fingerprint density at radius 3 is 2.41 bits per heavy atom. The van der Waals surface area contributed by atoms with E-state index in [-0.39, 0.29) is 4.90 Å². The predicted molar refractivity (Wildman–Crippen MR) is 102 cm³/mol. The second kappa shape index (κ2) is 7.10. The molecule has 1 spiro atoms. The minimum atomic E-state index is -3.66. The van der Waals surface area contributed by atoms with Gasteiger partial charge in [-0.15, -0.1) is 0 Å². The van der Waals surface area contributed by atoms with E-state index in [1.54, 1.807) is 37.4 Å². The van der Waals surface area contributed by atoms with Crippen LogP contribution >= 0.6 is 0 Å². The Morgan fingerprint density at radius 1 is 1.07 bits per heavy atom. The summed E-state index contributed by atoms with van der Waals surface area (Å²) in [4.78, 5) is 6.76. The molecule has 2 aromatic rings. The number of piperidine rings is 1. The lowest BCUT2D eigenvalue weighted by molar-refractivity contribution is -0.169. The van der Waals surface area contributed by atoms with E-state index in [2.05, 4.69) is 14.6 Å². The van der Waals surface area contributed by atoms with E-state index < -0.39 is 15.8 Å². The van der Waals surface area contributed by atoms with Gasteiger partial charge in [0.25, 0.3) is 10.0 Å². The number of sulfonamides is 1. The molecule has 0 unspecified atom stereocenters. The van der Waals surface area contributed by atoms with E-state index in [1.165, 1.54) is 0 Å². The molecular weight excluding hydrogens is 366 g/mol. The smallest absolute Gasteiger partial charge is 0.263 e. The third-order valence-corrected chi connectivity index (χ3v) is 6.59. The highest BCUT2D eigenvalue weighted by atomic mass is 32.2. The van der Waals surface area contributed by atoms with Gasteiger partial charge in [0.1, 0.15) is 5.82 Å². The molecule has 1 aromatic heterocycles. The van der Waals surface area contributed by atoms with E-state index in [0.717, 1.165) is 31.6 Å². The van der Waals surface area contributed by atoms with E-state index in [1.807, 2.05) is 12.1 Å². The van der Waals surface area contributed by atoms with E-state index in [9.17, 15) is 8.42 Å². The minimum Gasteiger partial charge on any atom is -0.370 e. The molecule has 2 fully saturated rings. The quantitative estimate of drug-likeness (QED) is 0.866. The van der Waals surface area contributed by atoms with E-state index in [0.29, 0.717) is 24.6 Å². The summed E-state index contributed by atoms with van der Waals surface area (Å²) in [6.07, 6.45) is 3.33. The highest BCUT2D eigenvalue weighted by Crippen LogP contribution is 2.33. The summed E-state index contributed by atoms with van der Waals surface area (Å²) in [6, 6.07) is 10.5. The lowest BCUT2D eigenvalue weighted by atomic mass is 10.0. The molecule has 8 heteroatoms. The van der Waals surface area contributed by atoms with E-state index in [4.69, 9.17) is 9.47 Å². The molecule has 0 amide bonds. The second-order valence-corrected chi connectivity index (χ2v) is 8.52. The summed E-state index contributed by atoms with van der Waals surface area (Å²) in [5, 5.41) is 0. The number of rotatable bonds is 4. The summed E-state index contributed by atoms with van der Waals surface area (Å²) in [6.45, 7) is 4.73. The number of nitrogens with one attached hydrogen (secondary N) is 1. The van der Waals surface area contributed by atoms with Crippen LogP contribution in [0.5, 0.6) is 0 Å². The molecule has 0 bridgehead atoms. The summed E-state index contributed by atoms with van der Waals surface area (Å²) < 4.78 is 39.2. The normalized spacial score (nSPS) is 19.4. The van der Waals surface area contributed by atoms with Crippen molar-refractivity contribution in [1.82, 2.24) is 4.98 Å². The molecule has 0 radical (unpaired) electrons. The Kier molecular flexibility index (Phi) is 4.79. The van der Waals surface area contributed by atoms with Crippen molar-refractivity contribution >= 4 is 21.5 Å². The maximum atomic E-state index is 12.6. The molecule has 0 atom stereocenters. The zero-order chi connectivity index (χ0) is 18.9. The molecular formula is C19H23N3O4S. The Bertz CT molecular complexity index is 899. The summed E-state index contributed by atoms with van der Waals surface area (Å²) in [5.41, 5.74) is 1.65. The van der Waals surface area contributed by atoms with Gasteiger partial charge in [0, 0.05) is 25.9 Å². The van der Waals surface area contributed by atoms with Crippen molar-refractivity contribution in [3.05, 3.63) is 48.2 Å². The Balaban J connectivity index is 1.43. The van der Waals surface area contributed by atoms with Crippen LogP contribution < -0.4 is 9.62 Å². The second-order valence-electron chi connectivity index (χ2n) is 6.87. The fraction of sp³-hybridized carbons (Fsp3) is 0.421. The van der Waals surface area contributed by atoms with Crippen LogP contribution in [0.1, 0.15) is 18.4 Å². The zero-order valence-electron chi connectivity index (χ0n) is 15.2. The molecule has 27 heavy (non-hydrogen) atoms. The first-order chi connectivity index (χ1) is 13.0. The number of anilines is 2. The first kappa shape index (κ1) is 18.2. The van der Waals surface area contributed by atoms with Gasteiger partial charge in [-0.1, -0.05) is 18.2 Å². The number of aromatic nitrogens is 1. The van der Waals surface area contributed by atoms with Gasteiger partial charge in [0.2, 0.25) is 0 Å². The van der Waals surface area contributed by atoms with Crippen LogP contribution in [0, 0.1) is 6.92 Å². The fourth-order valence-corrected chi connectivity index (χ4v) is 4.83. The molecule has 144 valence electrons. The van der Waals surface area contributed by atoms with Gasteiger partial charge in [0.15, 0.2) is 5.79 Å². The number of benzene rings is 1. The van der Waals surface area contributed by atoms with Crippen molar-refractivity contribution in [2.45, 2.75) is 30.4 Å². The number of pyridine rings is 1. The molecule has 0 aliphatic carbocycles. The summed E-state index contributed by atoms with van der Waals surface area (Å²) in [5.74, 6) is -0.106. The highest BCUT2D eigenvalue weighted by Gasteiger charge is 2.39. The molecule has 7 nitrogen and oxygen atoms in total. The van der Waals surface area contributed by atoms with Crippen molar-refractivity contribution in [2.24, 2.45) is 0 Å². The van der Waals surface area contributed by atoms with Crippen LogP contribution in [-0.2, 0) is 19.5 Å². The SMILES string of the molecule is Cc1ccccc1S(=O)(=O)Nc1ccc(N2CCC3(CC2)OCCO3)cn1. The molecule has 2 aliphatic heterocycles. The minimum absolute atomic E-state index is 0.258. The zero-order valence-corrected chi connectivity index (χ0v) is 16.0. The van der Waals surface area contributed by atoms with Crippen molar-refractivity contribution in [1.29, 1.82) is 0 Å². The summed E-state index contributed by atoms with van der Waals surface area (Å²) >= 11 is 0. The Labute approximate surface area is 159 Å². The van der Waals surface area contributed by atoms with Crippen molar-refractivity contribution in [3.8, 4) is 0 Å². The molecule has 3 heterocycles. The lowest BCUT2D eigenvalue weighted by Gasteiger charge is -2.38. The highest BCUT2D eigenvalue weighted by molar-refractivity contribution is 7.92. The van der Waals surface area contributed by atoms with Gasteiger partial charge in [-0.3, -0.25) is 4.72 Å². The molecule has 4 rings (SSSR count). The first-order valence-corrected chi connectivity index (χ1v) is 10.5. The lowest BCUT2D eigenvalue weighted by Crippen LogP contribution is -2.45. The van der Waals surface area contributed by atoms with Crippen LogP contribution in [0.4, 0.5) is 11.5 Å². The number of nitrogens with zero attached hydrogens (tertiary/aromatic N) is 2. The first-order valence-electron chi connectivity index (χ1n) is 9.05. The number of ether oxygens (including phenoxy) is 2. The third kappa shape index (κ3) is 3.78. The average molecular weight is 389 g/mol. The number of aryl methyl sites for hydroxylation is 1. The molecule has 2 saturated heterocycles. The van der Waals surface area contributed by atoms with Gasteiger partial charge in [-0.2, -0.15) is 0 Å². The van der Waals surface area contributed by atoms with Crippen LogP contribution in [-0.4, -0.2) is 45.5 Å². The van der Waals surface area contributed by atoms with Crippen LogP contribution in [0.15, 0.2) is 47.5 Å². The molecule has 0 saturated carbocycles. The monoisotopic (exact) mass is 389 g/mol. The number of hydrogen-bond donors (Lipinski definition) is 1. The van der Waals surface area contributed by atoms with Crippen molar-refractivity contribution in [2.75, 3.05) is 35.9 Å². The summed E-state index contributed by atoms with van der Waals surface area (Å²) in [7, 11) is -3.66. The topological polar surface area (TPSA) is 80.8 Å². The average Bonchev–Trinajstić information content (AvgIpc) is 3.11. The van der Waals surface area contributed by atoms with Gasteiger partial charge in [0.05, 0.1) is 30.0 Å². The third-order valence-electron chi connectivity index (χ3n) is 5.07. The van der Waals surface area contributed by atoms with Gasteiger partial charge >= 0.3 is 0 Å². The van der Waals surface area contributed by atoms with Gasteiger partial charge in [-0.25, -0.2) is 13.4 Å². The Hall–Kier alpha value is -2.16. The van der Waals surface area contributed by atoms with Crippen LogP contribution in [0.3, 0.4) is 0 Å². The van der Waals surface area contributed by atoms with Crippen molar-refractivity contribution < 1.29 is 17.9 Å². The maximum Gasteiger partial charge on any atom is 0.263 e. The predicted octanol–water partition coefficient (Wildman–Crippen LogP) is 2.53. The van der Waals surface area contributed by atoms with Gasteiger partial charge < -0.3 is 14.4 Å². The largest absolute Gasteiger partial charge is 0.370 e. The number of hydrogen-bond acceptors (Lipinski definition) is 6. The van der Waals surface area contributed by atoms with Gasteiger partial charge in [-0.05, 0) is 30.7 Å². The molecule has 1 aromatic carbocycles. The fourth-order valence-electron chi connectivity index (χ4n) is 3.58.